The zero-order chi connectivity index (χ0) is 18.5. The monoisotopic (exact) mass is 361 g/mol. The van der Waals surface area contributed by atoms with Gasteiger partial charge >= 0.3 is 0 Å². The van der Waals surface area contributed by atoms with Crippen LogP contribution in [0.25, 0.3) is 0 Å². The van der Waals surface area contributed by atoms with Crippen LogP contribution >= 0.6 is 0 Å². The molecule has 0 aliphatic carbocycles. The zero-order valence-electron chi connectivity index (χ0n) is 16.3. The average molecular weight is 362 g/mol. The van der Waals surface area contributed by atoms with Gasteiger partial charge in [0.15, 0.2) is 0 Å². The molecule has 1 aliphatic rings. The summed E-state index contributed by atoms with van der Waals surface area (Å²) in [5, 5.41) is 2.94. The largest absolute Gasteiger partial charge is 0.495 e. The molecule has 146 valence electrons. The highest BCUT2D eigenvalue weighted by molar-refractivity contribution is 5.92. The fourth-order valence-corrected chi connectivity index (χ4v) is 3.55. The topological polar surface area (TPSA) is 47.6 Å². The van der Waals surface area contributed by atoms with Crippen LogP contribution in [0.3, 0.4) is 0 Å². The Morgan fingerprint density at radius 3 is 2.46 bits per heavy atom. The van der Waals surface area contributed by atoms with Crippen molar-refractivity contribution in [3.8, 4) is 5.75 Å². The number of amides is 1. The van der Waals surface area contributed by atoms with Crippen LogP contribution in [-0.4, -0.2) is 25.7 Å². The van der Waals surface area contributed by atoms with Crippen molar-refractivity contribution in [3.05, 3.63) is 24.3 Å². The van der Waals surface area contributed by atoms with Crippen molar-refractivity contribution >= 4 is 11.6 Å². The summed E-state index contributed by atoms with van der Waals surface area (Å²) in [7, 11) is 1.62. The Kier molecular flexibility index (Phi) is 10.2. The minimum Gasteiger partial charge on any atom is -0.495 e. The zero-order valence-corrected chi connectivity index (χ0v) is 16.3. The van der Waals surface area contributed by atoms with Gasteiger partial charge in [-0.25, -0.2) is 0 Å². The fourth-order valence-electron chi connectivity index (χ4n) is 3.55. The van der Waals surface area contributed by atoms with E-state index in [0.717, 1.165) is 25.1 Å². The number of rotatable bonds is 13. The normalized spacial score (nSPS) is 16.6. The Morgan fingerprint density at radius 1 is 1.08 bits per heavy atom. The van der Waals surface area contributed by atoms with E-state index >= 15 is 0 Å². The van der Waals surface area contributed by atoms with Crippen LogP contribution in [0.4, 0.5) is 5.69 Å². The smallest absolute Gasteiger partial charge is 0.224 e. The van der Waals surface area contributed by atoms with E-state index in [1.807, 2.05) is 24.3 Å². The van der Waals surface area contributed by atoms with Crippen molar-refractivity contribution in [3.63, 3.8) is 0 Å². The molecule has 1 atom stereocenters. The number of para-hydroxylation sites is 2. The van der Waals surface area contributed by atoms with Gasteiger partial charge in [-0.15, -0.1) is 0 Å². The molecular weight excluding hydrogens is 326 g/mol. The van der Waals surface area contributed by atoms with E-state index < -0.39 is 0 Å². The predicted octanol–water partition coefficient (Wildman–Crippen LogP) is 5.71. The van der Waals surface area contributed by atoms with Gasteiger partial charge in [-0.05, 0) is 37.8 Å². The third-order valence-corrected chi connectivity index (χ3v) is 5.08. The van der Waals surface area contributed by atoms with Crippen LogP contribution in [0.1, 0.15) is 77.0 Å². The van der Waals surface area contributed by atoms with Crippen molar-refractivity contribution in [1.29, 1.82) is 0 Å². The summed E-state index contributed by atoms with van der Waals surface area (Å²) in [5.74, 6) is 0.781. The first kappa shape index (κ1) is 20.8. The molecule has 1 aromatic rings. The molecule has 1 aromatic carbocycles. The van der Waals surface area contributed by atoms with E-state index in [2.05, 4.69) is 5.32 Å². The van der Waals surface area contributed by atoms with Gasteiger partial charge in [-0.1, -0.05) is 57.1 Å². The number of hydrogen-bond acceptors (Lipinski definition) is 3. The number of carbonyl (C=O) groups is 1. The van der Waals surface area contributed by atoms with Crippen LogP contribution in [0.15, 0.2) is 24.3 Å². The Labute approximate surface area is 158 Å². The molecule has 0 spiro atoms. The SMILES string of the molecule is COc1ccccc1NC(=O)CCCCCCCCCCC1CCCO1. The predicted molar refractivity (Wildman–Crippen MR) is 107 cm³/mol. The molecule has 0 saturated carbocycles. The van der Waals surface area contributed by atoms with E-state index in [0.29, 0.717) is 18.3 Å². The molecule has 0 bridgehead atoms. The molecule has 1 N–H and O–H groups in total. The van der Waals surface area contributed by atoms with Crippen LogP contribution in [0.2, 0.25) is 0 Å². The number of carbonyl (C=O) groups excluding carboxylic acids is 1. The molecular formula is C22H35NO3. The molecule has 0 aromatic heterocycles. The van der Waals surface area contributed by atoms with E-state index in [-0.39, 0.29) is 5.91 Å². The van der Waals surface area contributed by atoms with Gasteiger partial charge in [0, 0.05) is 13.0 Å². The number of anilines is 1. The minimum atomic E-state index is 0.0728. The first-order valence-corrected chi connectivity index (χ1v) is 10.3. The molecule has 26 heavy (non-hydrogen) atoms. The van der Waals surface area contributed by atoms with E-state index in [4.69, 9.17) is 9.47 Å². The summed E-state index contributed by atoms with van der Waals surface area (Å²) in [5.41, 5.74) is 0.753. The van der Waals surface area contributed by atoms with Gasteiger partial charge in [0.05, 0.1) is 18.9 Å². The van der Waals surface area contributed by atoms with Gasteiger partial charge in [0.2, 0.25) is 5.91 Å². The van der Waals surface area contributed by atoms with Crippen LogP contribution < -0.4 is 10.1 Å². The second-order valence-electron chi connectivity index (χ2n) is 7.25. The highest BCUT2D eigenvalue weighted by Crippen LogP contribution is 2.23. The lowest BCUT2D eigenvalue weighted by Gasteiger charge is -2.09. The second kappa shape index (κ2) is 12.7. The van der Waals surface area contributed by atoms with Crippen molar-refractivity contribution in [2.24, 2.45) is 0 Å². The maximum absolute atomic E-state index is 12.0. The summed E-state index contributed by atoms with van der Waals surface area (Å²) in [6.07, 6.45) is 14.8. The lowest BCUT2D eigenvalue weighted by atomic mass is 10.0. The van der Waals surface area contributed by atoms with Gasteiger partial charge in [0.1, 0.15) is 5.75 Å². The average Bonchev–Trinajstić information content (AvgIpc) is 3.17. The Balaban J connectivity index is 1.41. The van der Waals surface area contributed by atoms with Gasteiger partial charge in [0.25, 0.3) is 0 Å². The maximum Gasteiger partial charge on any atom is 0.224 e. The summed E-state index contributed by atoms with van der Waals surface area (Å²) >= 11 is 0. The molecule has 0 radical (unpaired) electrons. The Hall–Kier alpha value is -1.55. The first-order valence-electron chi connectivity index (χ1n) is 10.3. The molecule has 4 heteroatoms. The van der Waals surface area contributed by atoms with Crippen molar-refractivity contribution < 1.29 is 14.3 Å². The molecule has 2 rings (SSSR count). The van der Waals surface area contributed by atoms with Crippen LogP contribution in [0.5, 0.6) is 5.75 Å². The van der Waals surface area contributed by atoms with Crippen molar-refractivity contribution in [1.82, 2.24) is 0 Å². The lowest BCUT2D eigenvalue weighted by Crippen LogP contribution is -2.11. The van der Waals surface area contributed by atoms with Gasteiger partial charge in [-0.2, -0.15) is 0 Å². The van der Waals surface area contributed by atoms with Gasteiger partial charge in [-0.3, -0.25) is 4.79 Å². The van der Waals surface area contributed by atoms with Crippen molar-refractivity contribution in [2.45, 2.75) is 83.2 Å². The highest BCUT2D eigenvalue weighted by atomic mass is 16.5. The highest BCUT2D eigenvalue weighted by Gasteiger charge is 2.14. The molecule has 1 amide bonds. The Bertz CT molecular complexity index is 512. The molecule has 1 aliphatic heterocycles. The Morgan fingerprint density at radius 2 is 1.77 bits per heavy atom. The summed E-state index contributed by atoms with van der Waals surface area (Å²) in [6.45, 7) is 0.974. The number of unbranched alkanes of at least 4 members (excludes halogenated alkanes) is 7. The summed E-state index contributed by atoms with van der Waals surface area (Å²) < 4.78 is 10.9. The second-order valence-corrected chi connectivity index (χ2v) is 7.25. The van der Waals surface area contributed by atoms with Crippen molar-refractivity contribution in [2.75, 3.05) is 19.0 Å². The minimum absolute atomic E-state index is 0.0728. The fraction of sp³-hybridized carbons (Fsp3) is 0.682. The quantitative estimate of drug-likeness (QED) is 0.458. The standard InChI is InChI=1S/C22H35NO3/c1-25-21-16-11-10-15-20(21)23-22(24)17-9-7-5-3-2-4-6-8-13-19-14-12-18-26-19/h10-11,15-16,19H,2-9,12-14,17-18H2,1H3,(H,23,24). The number of nitrogens with one attached hydrogen (secondary N) is 1. The first-order chi connectivity index (χ1) is 12.8. The molecule has 1 heterocycles. The van der Waals surface area contributed by atoms with Gasteiger partial charge < -0.3 is 14.8 Å². The molecule has 1 unspecified atom stereocenters. The third-order valence-electron chi connectivity index (χ3n) is 5.08. The number of hydrogen-bond donors (Lipinski definition) is 1. The number of ether oxygens (including phenoxy) is 2. The number of methoxy groups -OCH3 is 1. The maximum atomic E-state index is 12.0. The molecule has 1 saturated heterocycles. The van der Waals surface area contributed by atoms with E-state index in [1.165, 1.54) is 57.8 Å². The van der Waals surface area contributed by atoms with E-state index in [9.17, 15) is 4.79 Å². The number of benzene rings is 1. The third kappa shape index (κ3) is 8.22. The summed E-state index contributed by atoms with van der Waals surface area (Å²) in [4.78, 5) is 12.0. The van der Waals surface area contributed by atoms with Crippen LogP contribution in [0, 0.1) is 0 Å². The summed E-state index contributed by atoms with van der Waals surface area (Å²) in [6, 6.07) is 7.53. The molecule has 4 nitrogen and oxygen atoms in total. The van der Waals surface area contributed by atoms with Crippen LogP contribution in [-0.2, 0) is 9.53 Å². The van der Waals surface area contributed by atoms with E-state index in [1.54, 1.807) is 7.11 Å². The molecule has 1 fully saturated rings. The lowest BCUT2D eigenvalue weighted by molar-refractivity contribution is -0.116.